The molecule has 0 saturated carbocycles. The predicted molar refractivity (Wildman–Crippen MR) is 109 cm³/mol. The van der Waals surface area contributed by atoms with Gasteiger partial charge >= 0.3 is 0 Å². The lowest BCUT2D eigenvalue weighted by atomic mass is 10.1. The Kier molecular flexibility index (Phi) is 5.76. The van der Waals surface area contributed by atoms with Gasteiger partial charge in [-0.1, -0.05) is 12.1 Å². The lowest BCUT2D eigenvalue weighted by Crippen LogP contribution is -2.36. The van der Waals surface area contributed by atoms with Gasteiger partial charge in [0.05, 0.1) is 25.4 Å². The van der Waals surface area contributed by atoms with Crippen molar-refractivity contribution >= 4 is 29.1 Å². The first kappa shape index (κ1) is 20.0. The molecule has 2 aromatic rings. The molecule has 0 spiro atoms. The lowest BCUT2D eigenvalue weighted by Gasteiger charge is -2.29. The van der Waals surface area contributed by atoms with E-state index in [2.05, 4.69) is 5.32 Å². The summed E-state index contributed by atoms with van der Waals surface area (Å²) in [5, 5.41) is 2.70. The maximum absolute atomic E-state index is 14.5. The summed E-state index contributed by atoms with van der Waals surface area (Å²) in [5.41, 5.74) is 2.02. The molecular formula is C22H22FN3O4. The first-order valence-corrected chi connectivity index (χ1v) is 9.87. The van der Waals surface area contributed by atoms with E-state index in [0.717, 1.165) is 5.56 Å². The smallest absolute Gasteiger partial charge is 0.255 e. The van der Waals surface area contributed by atoms with Crippen LogP contribution in [-0.2, 0) is 20.9 Å². The Labute approximate surface area is 173 Å². The molecule has 2 heterocycles. The maximum Gasteiger partial charge on any atom is 0.255 e. The number of ether oxygens (including phenoxy) is 1. The van der Waals surface area contributed by atoms with Crippen molar-refractivity contribution in [3.63, 3.8) is 0 Å². The number of hydrogen-bond acceptors (Lipinski definition) is 5. The Balaban J connectivity index is 1.39. The van der Waals surface area contributed by atoms with Gasteiger partial charge in [-0.05, 0) is 35.9 Å². The molecule has 0 aliphatic carbocycles. The summed E-state index contributed by atoms with van der Waals surface area (Å²) in [6.07, 6.45) is 0.500. The van der Waals surface area contributed by atoms with Gasteiger partial charge in [-0.25, -0.2) is 4.39 Å². The highest BCUT2D eigenvalue weighted by Crippen LogP contribution is 2.24. The molecule has 2 aliphatic rings. The Morgan fingerprint density at radius 3 is 2.30 bits per heavy atom. The van der Waals surface area contributed by atoms with E-state index in [9.17, 15) is 18.8 Å². The molecule has 1 N–H and O–H groups in total. The zero-order valence-corrected chi connectivity index (χ0v) is 16.4. The minimum Gasteiger partial charge on any atom is -0.378 e. The fourth-order valence-electron chi connectivity index (χ4n) is 3.59. The Morgan fingerprint density at radius 1 is 1.00 bits per heavy atom. The van der Waals surface area contributed by atoms with E-state index in [1.165, 1.54) is 11.0 Å². The van der Waals surface area contributed by atoms with E-state index in [0.29, 0.717) is 43.2 Å². The quantitative estimate of drug-likeness (QED) is 0.765. The van der Waals surface area contributed by atoms with Gasteiger partial charge in [-0.3, -0.25) is 19.3 Å². The van der Waals surface area contributed by atoms with Crippen LogP contribution in [0.5, 0.6) is 0 Å². The predicted octanol–water partition coefficient (Wildman–Crippen LogP) is 2.56. The number of anilines is 2. The second-order valence-electron chi connectivity index (χ2n) is 7.29. The summed E-state index contributed by atoms with van der Waals surface area (Å²) in [4.78, 5) is 39.1. The SMILES string of the molecule is O=C(Nc1ccc(N2CCOCC2)c(F)c1)c1ccc(CN2C(=O)CCC2=O)cc1. The van der Waals surface area contributed by atoms with E-state index >= 15 is 0 Å². The van der Waals surface area contributed by atoms with Crippen LogP contribution in [0.15, 0.2) is 42.5 Å². The number of likely N-dealkylation sites (tertiary alicyclic amines) is 1. The first-order chi connectivity index (χ1) is 14.5. The zero-order valence-electron chi connectivity index (χ0n) is 16.4. The summed E-state index contributed by atoms with van der Waals surface area (Å²) >= 11 is 0. The zero-order chi connectivity index (χ0) is 21.1. The second-order valence-corrected chi connectivity index (χ2v) is 7.29. The number of carbonyl (C=O) groups is 3. The van der Waals surface area contributed by atoms with Gasteiger partial charge < -0.3 is 15.0 Å². The lowest BCUT2D eigenvalue weighted by molar-refractivity contribution is -0.139. The molecule has 2 aliphatic heterocycles. The molecule has 3 amide bonds. The number of hydrogen-bond donors (Lipinski definition) is 1. The van der Waals surface area contributed by atoms with Crippen LogP contribution in [0.2, 0.25) is 0 Å². The van der Waals surface area contributed by atoms with Crippen LogP contribution in [0.4, 0.5) is 15.8 Å². The third kappa shape index (κ3) is 4.33. The van der Waals surface area contributed by atoms with Gasteiger partial charge in [0, 0.05) is 37.2 Å². The van der Waals surface area contributed by atoms with Crippen molar-refractivity contribution in [2.24, 2.45) is 0 Å². The minimum atomic E-state index is -0.398. The molecule has 0 aromatic heterocycles. The van der Waals surface area contributed by atoms with Crippen LogP contribution in [0, 0.1) is 5.82 Å². The fourth-order valence-corrected chi connectivity index (χ4v) is 3.59. The summed E-state index contributed by atoms with van der Waals surface area (Å²) in [6, 6.07) is 11.3. The standard InChI is InChI=1S/C22H22FN3O4/c23-18-13-17(5-6-19(18)25-9-11-30-12-10-25)24-22(29)16-3-1-15(2-4-16)14-26-20(27)7-8-21(26)28/h1-6,13H,7-12,14H2,(H,24,29). The van der Waals surface area contributed by atoms with Crippen molar-refractivity contribution in [3.05, 3.63) is 59.4 Å². The number of morpholine rings is 1. The van der Waals surface area contributed by atoms with E-state index in [4.69, 9.17) is 4.74 Å². The minimum absolute atomic E-state index is 0.177. The van der Waals surface area contributed by atoms with Crippen molar-refractivity contribution < 1.29 is 23.5 Å². The number of carbonyl (C=O) groups excluding carboxylic acids is 3. The highest BCUT2D eigenvalue weighted by Gasteiger charge is 2.28. The van der Waals surface area contributed by atoms with Gasteiger partial charge in [0.25, 0.3) is 5.91 Å². The summed E-state index contributed by atoms with van der Waals surface area (Å²) in [7, 11) is 0. The largest absolute Gasteiger partial charge is 0.378 e. The fraction of sp³-hybridized carbons (Fsp3) is 0.318. The molecule has 0 atom stereocenters. The highest BCUT2D eigenvalue weighted by atomic mass is 19.1. The summed E-state index contributed by atoms with van der Waals surface area (Å²) in [5.74, 6) is -1.12. The number of benzene rings is 2. The first-order valence-electron chi connectivity index (χ1n) is 9.87. The van der Waals surface area contributed by atoms with E-state index < -0.39 is 5.82 Å². The molecule has 0 unspecified atom stereocenters. The van der Waals surface area contributed by atoms with Crippen LogP contribution in [0.1, 0.15) is 28.8 Å². The van der Waals surface area contributed by atoms with Gasteiger partial charge in [0.1, 0.15) is 5.82 Å². The number of amides is 3. The number of rotatable bonds is 5. The highest BCUT2D eigenvalue weighted by molar-refractivity contribution is 6.04. The normalized spacial score (nSPS) is 16.8. The van der Waals surface area contributed by atoms with Crippen LogP contribution in [0.3, 0.4) is 0 Å². The molecule has 0 bridgehead atoms. The van der Waals surface area contributed by atoms with Gasteiger partial charge in [0.15, 0.2) is 0 Å². The average Bonchev–Trinajstić information content (AvgIpc) is 3.07. The number of imide groups is 1. The van der Waals surface area contributed by atoms with Crippen molar-refractivity contribution in [3.8, 4) is 0 Å². The van der Waals surface area contributed by atoms with Crippen molar-refractivity contribution in [2.75, 3.05) is 36.5 Å². The Bertz CT molecular complexity index is 955. The van der Waals surface area contributed by atoms with Crippen LogP contribution in [0.25, 0.3) is 0 Å². The molecule has 8 heteroatoms. The summed E-state index contributed by atoms with van der Waals surface area (Å²) < 4.78 is 19.8. The molecule has 0 radical (unpaired) electrons. The second kappa shape index (κ2) is 8.62. The maximum atomic E-state index is 14.5. The van der Waals surface area contributed by atoms with Gasteiger partial charge in [-0.2, -0.15) is 0 Å². The third-order valence-electron chi connectivity index (χ3n) is 5.27. The average molecular weight is 411 g/mol. The number of nitrogens with one attached hydrogen (secondary N) is 1. The number of halogens is 1. The third-order valence-corrected chi connectivity index (χ3v) is 5.27. The van der Waals surface area contributed by atoms with Crippen LogP contribution >= 0.6 is 0 Å². The van der Waals surface area contributed by atoms with E-state index in [1.807, 2.05) is 4.90 Å². The Morgan fingerprint density at radius 2 is 1.67 bits per heavy atom. The molecule has 30 heavy (non-hydrogen) atoms. The van der Waals surface area contributed by atoms with Crippen molar-refractivity contribution in [1.29, 1.82) is 0 Å². The summed E-state index contributed by atoms with van der Waals surface area (Å²) in [6.45, 7) is 2.59. The molecular weight excluding hydrogens is 389 g/mol. The van der Waals surface area contributed by atoms with Crippen LogP contribution in [-0.4, -0.2) is 48.9 Å². The molecule has 7 nitrogen and oxygen atoms in total. The van der Waals surface area contributed by atoms with E-state index in [1.54, 1.807) is 36.4 Å². The molecule has 2 aromatic carbocycles. The van der Waals surface area contributed by atoms with Gasteiger partial charge in [0.2, 0.25) is 11.8 Å². The monoisotopic (exact) mass is 411 g/mol. The molecule has 156 valence electrons. The van der Waals surface area contributed by atoms with Crippen molar-refractivity contribution in [1.82, 2.24) is 4.90 Å². The Hall–Kier alpha value is -3.26. The molecule has 2 fully saturated rings. The molecule has 2 saturated heterocycles. The van der Waals surface area contributed by atoms with Gasteiger partial charge in [-0.15, -0.1) is 0 Å². The van der Waals surface area contributed by atoms with E-state index in [-0.39, 0.29) is 37.1 Å². The molecule has 4 rings (SSSR count). The van der Waals surface area contributed by atoms with Crippen LogP contribution < -0.4 is 10.2 Å². The topological polar surface area (TPSA) is 79.0 Å². The number of nitrogens with zero attached hydrogens (tertiary/aromatic N) is 2. The van der Waals surface area contributed by atoms with Crippen molar-refractivity contribution in [2.45, 2.75) is 19.4 Å².